The quantitative estimate of drug-likeness (QED) is 0.251. The molecule has 3 N–H and O–H groups in total. The van der Waals surface area contributed by atoms with E-state index in [1.54, 1.807) is 21.0 Å². The molecule has 5 aliphatic rings. The highest BCUT2D eigenvalue weighted by atomic mass is 16.8. The molecule has 2 heterocycles. The molecule has 0 spiro atoms. The molecular weight excluding hydrogens is 584 g/mol. The van der Waals surface area contributed by atoms with E-state index >= 15 is 0 Å². The summed E-state index contributed by atoms with van der Waals surface area (Å²) in [6.07, 6.45) is -1.99. The van der Waals surface area contributed by atoms with Crippen molar-refractivity contribution in [3.8, 4) is 0 Å². The van der Waals surface area contributed by atoms with E-state index in [1.165, 1.54) is 11.1 Å². The zero-order valence-electron chi connectivity index (χ0n) is 27.7. The van der Waals surface area contributed by atoms with Gasteiger partial charge < -0.3 is 43.7 Å². The average molecular weight is 637 g/mol. The van der Waals surface area contributed by atoms with E-state index in [0.717, 1.165) is 31.3 Å². The highest BCUT2D eigenvalue weighted by Crippen LogP contribution is 2.55. The molecule has 0 aromatic rings. The zero-order chi connectivity index (χ0) is 32.8. The molecule has 11 heteroatoms. The number of methoxy groups -OCH3 is 1. The van der Waals surface area contributed by atoms with Crippen LogP contribution < -0.4 is 0 Å². The van der Waals surface area contributed by atoms with Crippen molar-refractivity contribution in [2.45, 2.75) is 129 Å². The summed E-state index contributed by atoms with van der Waals surface area (Å²) in [5.41, 5.74) is 3.20. The van der Waals surface area contributed by atoms with Crippen molar-refractivity contribution in [2.24, 2.45) is 29.1 Å². The molecule has 11 atom stereocenters. The molecule has 254 valence electrons. The normalized spacial score (nSPS) is 42.2. The first-order chi connectivity index (χ1) is 21.2. The van der Waals surface area contributed by atoms with Crippen molar-refractivity contribution in [1.29, 1.82) is 0 Å². The number of aliphatic hydroxyl groups excluding tert-OH is 2. The topological polar surface area (TPSA) is 150 Å². The van der Waals surface area contributed by atoms with E-state index in [4.69, 9.17) is 33.5 Å². The van der Waals surface area contributed by atoms with Crippen molar-refractivity contribution < 1.29 is 53.3 Å². The lowest BCUT2D eigenvalue weighted by Crippen LogP contribution is -2.66. The molecule has 0 radical (unpaired) electrons. The Kier molecular flexibility index (Phi) is 10.2. The lowest BCUT2D eigenvalue weighted by Gasteiger charge is -2.50. The SMILES string of the molecule is COC[C@H]1CC[C@@H]2/C1=C\C1(C)CCC(C(C)C)=C1[C@@H](O[C@H]1O[C@@H]3COC(C)(C)OC3C(O)C1OC(=O)CCC(=O)O)[C@H](O)[C@@H]2C. The molecule has 0 aromatic heterocycles. The zero-order valence-corrected chi connectivity index (χ0v) is 27.7. The van der Waals surface area contributed by atoms with Crippen molar-refractivity contribution >= 4 is 11.9 Å². The van der Waals surface area contributed by atoms with Gasteiger partial charge in [-0.05, 0) is 62.9 Å². The van der Waals surface area contributed by atoms with E-state index in [0.29, 0.717) is 12.5 Å². The largest absolute Gasteiger partial charge is 0.481 e. The number of hydrogen-bond acceptors (Lipinski definition) is 10. The van der Waals surface area contributed by atoms with Crippen LogP contribution in [0.3, 0.4) is 0 Å². The van der Waals surface area contributed by atoms with Crippen LogP contribution in [0.1, 0.15) is 80.1 Å². The number of ether oxygens (including phenoxy) is 6. The van der Waals surface area contributed by atoms with Gasteiger partial charge in [-0.1, -0.05) is 44.9 Å². The number of allylic oxidation sites excluding steroid dienone is 2. The van der Waals surface area contributed by atoms with Crippen LogP contribution in [0.15, 0.2) is 22.8 Å². The fourth-order valence-corrected chi connectivity index (χ4v) is 8.30. The van der Waals surface area contributed by atoms with Crippen LogP contribution in [0.5, 0.6) is 0 Å². The molecule has 45 heavy (non-hydrogen) atoms. The first kappa shape index (κ1) is 34.5. The molecule has 5 rings (SSSR count). The predicted molar refractivity (Wildman–Crippen MR) is 162 cm³/mol. The highest BCUT2D eigenvalue weighted by molar-refractivity contribution is 5.76. The molecule has 0 aromatic carbocycles. The van der Waals surface area contributed by atoms with E-state index in [9.17, 15) is 19.8 Å². The van der Waals surface area contributed by atoms with E-state index in [1.807, 2.05) is 0 Å². The fraction of sp³-hybridized carbons (Fsp3) is 0.824. The van der Waals surface area contributed by atoms with Crippen molar-refractivity contribution in [1.82, 2.24) is 0 Å². The molecule has 2 saturated heterocycles. The second kappa shape index (κ2) is 13.3. The van der Waals surface area contributed by atoms with Crippen molar-refractivity contribution in [3.05, 3.63) is 22.8 Å². The van der Waals surface area contributed by atoms with Crippen LogP contribution >= 0.6 is 0 Å². The van der Waals surface area contributed by atoms with Crippen LogP contribution in [0.25, 0.3) is 0 Å². The van der Waals surface area contributed by atoms with Gasteiger partial charge in [-0.3, -0.25) is 9.59 Å². The molecule has 4 unspecified atom stereocenters. The summed E-state index contributed by atoms with van der Waals surface area (Å²) in [6.45, 7) is 12.8. The van der Waals surface area contributed by atoms with Gasteiger partial charge in [-0.15, -0.1) is 0 Å². The van der Waals surface area contributed by atoms with E-state index in [-0.39, 0.29) is 36.2 Å². The molecular formula is C34H52O11. The number of rotatable bonds is 9. The Morgan fingerprint density at radius 2 is 1.84 bits per heavy atom. The molecule has 1 saturated carbocycles. The van der Waals surface area contributed by atoms with Crippen LogP contribution in [0.4, 0.5) is 0 Å². The van der Waals surface area contributed by atoms with Crippen LogP contribution in [0.2, 0.25) is 0 Å². The van der Waals surface area contributed by atoms with Gasteiger partial charge >= 0.3 is 11.9 Å². The van der Waals surface area contributed by atoms with Gasteiger partial charge in [-0.2, -0.15) is 0 Å². The fourth-order valence-electron chi connectivity index (χ4n) is 8.30. The molecule has 3 fully saturated rings. The molecule has 11 nitrogen and oxygen atoms in total. The highest BCUT2D eigenvalue weighted by Gasteiger charge is 2.56. The van der Waals surface area contributed by atoms with Gasteiger partial charge in [-0.25, -0.2) is 0 Å². The number of fused-ring (bicyclic) bond motifs is 3. The number of carboxylic acid groups (broad SMARTS) is 1. The van der Waals surface area contributed by atoms with Gasteiger partial charge in [0.1, 0.15) is 24.4 Å². The summed E-state index contributed by atoms with van der Waals surface area (Å²) in [5.74, 6) is -2.44. The maximum Gasteiger partial charge on any atom is 0.306 e. The minimum Gasteiger partial charge on any atom is -0.481 e. The lowest BCUT2D eigenvalue weighted by molar-refractivity contribution is -0.387. The summed E-state index contributed by atoms with van der Waals surface area (Å²) < 4.78 is 36.3. The summed E-state index contributed by atoms with van der Waals surface area (Å²) in [5, 5.41) is 32.9. The number of carboxylic acids is 1. The number of aliphatic hydroxyl groups is 2. The first-order valence-corrected chi connectivity index (χ1v) is 16.5. The average Bonchev–Trinajstić information content (AvgIpc) is 3.51. The van der Waals surface area contributed by atoms with Gasteiger partial charge in [0.05, 0.1) is 32.2 Å². The number of carbonyl (C=O) groups excluding carboxylic acids is 1. The number of esters is 1. The number of carbonyl (C=O) groups is 2. The maximum atomic E-state index is 12.8. The third-order valence-electron chi connectivity index (χ3n) is 10.6. The molecule has 3 aliphatic carbocycles. The van der Waals surface area contributed by atoms with Crippen molar-refractivity contribution in [3.63, 3.8) is 0 Å². The Labute approximate surface area is 266 Å². The third kappa shape index (κ3) is 6.91. The standard InChI is InChI=1S/C34H52O11/c1-17(2)20-12-13-34(6)14-22-19(15-40-7)8-9-21(22)18(3)27(38)30(26(20)34)44-32-31(43-25(37)11-10-24(35)36)28(39)29-23(42-32)16-41-33(4,5)45-29/h14,17-19,21,23,27-32,38-39H,8-13,15-16H2,1-7H3,(H,35,36)/b22-14-/t18-,19-,21+,23-,27-,28?,29?,30-,31?,32-,34?/m1/s1. The van der Waals surface area contributed by atoms with Crippen molar-refractivity contribution in [2.75, 3.05) is 20.3 Å². The van der Waals surface area contributed by atoms with Gasteiger partial charge in [0.15, 0.2) is 18.2 Å². The summed E-state index contributed by atoms with van der Waals surface area (Å²) in [4.78, 5) is 24.0. The van der Waals surface area contributed by atoms with Gasteiger partial charge in [0.2, 0.25) is 0 Å². The van der Waals surface area contributed by atoms with Gasteiger partial charge in [0.25, 0.3) is 0 Å². The minimum absolute atomic E-state index is 0.116. The Morgan fingerprint density at radius 3 is 2.51 bits per heavy atom. The number of hydrogen-bond donors (Lipinski definition) is 3. The monoisotopic (exact) mass is 636 g/mol. The summed E-state index contributed by atoms with van der Waals surface area (Å²) >= 11 is 0. The Bertz CT molecular complexity index is 1180. The van der Waals surface area contributed by atoms with Crippen LogP contribution in [-0.4, -0.2) is 96.3 Å². The summed E-state index contributed by atoms with van der Waals surface area (Å²) in [6, 6.07) is 0. The van der Waals surface area contributed by atoms with E-state index < -0.39 is 67.1 Å². The smallest absolute Gasteiger partial charge is 0.306 e. The third-order valence-corrected chi connectivity index (χ3v) is 10.6. The van der Waals surface area contributed by atoms with Crippen LogP contribution in [0, 0.1) is 29.1 Å². The summed E-state index contributed by atoms with van der Waals surface area (Å²) in [7, 11) is 1.73. The minimum atomic E-state index is -1.35. The Morgan fingerprint density at radius 1 is 1.11 bits per heavy atom. The Hall–Kier alpha value is -1.86. The lowest BCUT2D eigenvalue weighted by atomic mass is 9.68. The maximum absolute atomic E-state index is 12.8. The molecule has 2 aliphatic heterocycles. The second-order valence-corrected chi connectivity index (χ2v) is 14.6. The Balaban J connectivity index is 1.53. The predicted octanol–water partition coefficient (Wildman–Crippen LogP) is 3.75. The van der Waals surface area contributed by atoms with Gasteiger partial charge in [0, 0.05) is 18.4 Å². The number of aliphatic carboxylic acids is 1. The van der Waals surface area contributed by atoms with E-state index in [2.05, 4.69) is 33.8 Å². The first-order valence-electron chi connectivity index (χ1n) is 16.5. The molecule has 0 bridgehead atoms. The molecule has 0 amide bonds. The van der Waals surface area contributed by atoms with Crippen LogP contribution in [-0.2, 0) is 38.0 Å². The second-order valence-electron chi connectivity index (χ2n) is 14.6.